The number of rotatable bonds is 1. The molecule has 3 heteroatoms. The largest absolute Gasteiger partial charge is 0.411 e. The van der Waals surface area contributed by atoms with Gasteiger partial charge in [-0.2, -0.15) is 0 Å². The minimum Gasteiger partial charge on any atom is -0.411 e. The van der Waals surface area contributed by atoms with Crippen LogP contribution >= 0.6 is 11.3 Å². The van der Waals surface area contributed by atoms with Crippen LogP contribution < -0.4 is 0 Å². The zero-order valence-corrected chi connectivity index (χ0v) is 11.2. The first-order valence-electron chi connectivity index (χ1n) is 6.15. The van der Waals surface area contributed by atoms with E-state index in [1.165, 1.54) is 25.6 Å². The van der Waals surface area contributed by atoms with Gasteiger partial charge in [0.15, 0.2) is 0 Å². The van der Waals surface area contributed by atoms with Crippen molar-refractivity contribution in [2.45, 2.75) is 6.92 Å². The maximum Gasteiger partial charge on any atom is 0.0843 e. The molecule has 0 aliphatic heterocycles. The second kappa shape index (κ2) is 3.68. The number of hydrogen-bond acceptors (Lipinski definition) is 3. The third-order valence-corrected chi connectivity index (χ3v) is 4.83. The minimum atomic E-state index is 0.653. The fraction of sp³-hybridized carbons (Fsp3) is 0.0625. The average molecular weight is 265 g/mol. The molecule has 4 rings (SSSR count). The predicted molar refractivity (Wildman–Crippen MR) is 82.0 cm³/mol. The van der Waals surface area contributed by atoms with Crippen molar-refractivity contribution in [3.05, 3.63) is 48.0 Å². The topological polar surface area (TPSA) is 32.6 Å². The zero-order valence-electron chi connectivity index (χ0n) is 10.3. The van der Waals surface area contributed by atoms with Crippen LogP contribution in [-0.2, 0) is 0 Å². The summed E-state index contributed by atoms with van der Waals surface area (Å²) in [4.78, 5) is 0. The van der Waals surface area contributed by atoms with Crippen LogP contribution in [0.5, 0.6) is 0 Å². The fourth-order valence-corrected chi connectivity index (χ4v) is 3.97. The van der Waals surface area contributed by atoms with E-state index in [0.717, 1.165) is 10.9 Å². The molecule has 0 saturated carbocycles. The molecule has 1 N–H and O–H groups in total. The van der Waals surface area contributed by atoms with Crippen molar-refractivity contribution in [3.8, 4) is 0 Å². The Morgan fingerprint density at radius 3 is 2.68 bits per heavy atom. The summed E-state index contributed by atoms with van der Waals surface area (Å²) in [5.74, 6) is 0. The van der Waals surface area contributed by atoms with Crippen molar-refractivity contribution in [1.29, 1.82) is 0 Å². The van der Waals surface area contributed by atoms with Gasteiger partial charge in [-0.05, 0) is 29.8 Å². The van der Waals surface area contributed by atoms with Crippen LogP contribution in [0.15, 0.2) is 47.6 Å². The van der Waals surface area contributed by atoms with Crippen molar-refractivity contribution in [2.24, 2.45) is 5.16 Å². The molecule has 1 heterocycles. The quantitative estimate of drug-likeness (QED) is 0.227. The highest BCUT2D eigenvalue weighted by molar-refractivity contribution is 7.26. The van der Waals surface area contributed by atoms with Crippen molar-refractivity contribution < 1.29 is 5.21 Å². The summed E-state index contributed by atoms with van der Waals surface area (Å²) in [6.45, 7) is 1.83. The summed E-state index contributed by atoms with van der Waals surface area (Å²) in [5.41, 5.74) is 1.65. The first kappa shape index (κ1) is 10.8. The van der Waals surface area contributed by atoms with Gasteiger partial charge in [-0.3, -0.25) is 0 Å². The van der Waals surface area contributed by atoms with E-state index in [1.807, 2.05) is 24.3 Å². The number of nitrogens with zero attached hydrogens (tertiary/aromatic N) is 1. The Morgan fingerprint density at radius 2 is 1.84 bits per heavy atom. The van der Waals surface area contributed by atoms with Crippen molar-refractivity contribution >= 4 is 48.0 Å². The van der Waals surface area contributed by atoms with E-state index in [-0.39, 0.29) is 0 Å². The highest BCUT2D eigenvalue weighted by atomic mass is 32.1. The van der Waals surface area contributed by atoms with Crippen LogP contribution in [0.2, 0.25) is 0 Å². The van der Waals surface area contributed by atoms with Gasteiger partial charge in [-0.25, -0.2) is 0 Å². The Balaban J connectivity index is 2.31. The summed E-state index contributed by atoms with van der Waals surface area (Å²) in [6.07, 6.45) is 0. The second-order valence-corrected chi connectivity index (χ2v) is 5.82. The van der Waals surface area contributed by atoms with Gasteiger partial charge in [0.1, 0.15) is 0 Å². The monoisotopic (exact) mass is 265 g/mol. The molecule has 0 unspecified atom stereocenters. The van der Waals surface area contributed by atoms with E-state index in [4.69, 9.17) is 5.21 Å². The Morgan fingerprint density at radius 1 is 1.00 bits per heavy atom. The van der Waals surface area contributed by atoms with Crippen LogP contribution in [0, 0.1) is 0 Å². The van der Waals surface area contributed by atoms with E-state index < -0.39 is 0 Å². The van der Waals surface area contributed by atoms with E-state index in [0.29, 0.717) is 5.71 Å². The third-order valence-electron chi connectivity index (χ3n) is 3.71. The first-order chi connectivity index (χ1) is 9.29. The Bertz CT molecular complexity index is 936. The molecular weight excluding hydrogens is 254 g/mol. The van der Waals surface area contributed by atoms with Gasteiger partial charge in [0, 0.05) is 25.7 Å². The molecule has 0 saturated heterocycles. The van der Waals surface area contributed by atoms with Crippen LogP contribution in [0.4, 0.5) is 0 Å². The molecule has 0 atom stereocenters. The van der Waals surface area contributed by atoms with Crippen molar-refractivity contribution in [3.63, 3.8) is 0 Å². The Kier molecular flexibility index (Phi) is 2.09. The van der Waals surface area contributed by atoms with Gasteiger partial charge in [0.2, 0.25) is 0 Å². The number of thiophene rings is 1. The Labute approximate surface area is 113 Å². The lowest BCUT2D eigenvalue weighted by atomic mass is 9.97. The van der Waals surface area contributed by atoms with Crippen LogP contribution in [0.1, 0.15) is 12.5 Å². The molecule has 4 aromatic rings. The Hall–Kier alpha value is -2.13. The van der Waals surface area contributed by atoms with Crippen molar-refractivity contribution in [1.82, 2.24) is 0 Å². The van der Waals surface area contributed by atoms with Crippen molar-refractivity contribution in [2.75, 3.05) is 0 Å². The third kappa shape index (κ3) is 1.33. The van der Waals surface area contributed by atoms with E-state index in [9.17, 15) is 0 Å². The summed E-state index contributed by atoms with van der Waals surface area (Å²) < 4.78 is 2.60. The number of hydrogen-bond donors (Lipinski definition) is 1. The highest BCUT2D eigenvalue weighted by Gasteiger charge is 2.14. The van der Waals surface area contributed by atoms with E-state index in [1.54, 1.807) is 0 Å². The molecule has 0 bridgehead atoms. The van der Waals surface area contributed by atoms with Gasteiger partial charge < -0.3 is 5.21 Å². The lowest BCUT2D eigenvalue weighted by Crippen LogP contribution is -1.95. The second-order valence-electron chi connectivity index (χ2n) is 4.74. The van der Waals surface area contributed by atoms with Gasteiger partial charge in [0.25, 0.3) is 0 Å². The molecule has 0 aliphatic rings. The number of benzene rings is 3. The lowest BCUT2D eigenvalue weighted by molar-refractivity contribution is 0.319. The lowest BCUT2D eigenvalue weighted by Gasteiger charge is -2.07. The summed E-state index contributed by atoms with van der Waals surface area (Å²) in [6, 6.07) is 14.8. The summed E-state index contributed by atoms with van der Waals surface area (Å²) in [5, 5.41) is 17.4. The fourth-order valence-electron chi connectivity index (χ4n) is 2.82. The van der Waals surface area contributed by atoms with Gasteiger partial charge in [-0.1, -0.05) is 35.5 Å². The van der Waals surface area contributed by atoms with Gasteiger partial charge in [0.05, 0.1) is 5.71 Å². The predicted octanol–water partition coefficient (Wildman–Crippen LogP) is 4.84. The molecule has 2 nitrogen and oxygen atoms in total. The zero-order chi connectivity index (χ0) is 13.0. The molecule has 0 amide bonds. The summed E-state index contributed by atoms with van der Waals surface area (Å²) in [7, 11) is 0. The molecule has 0 fully saturated rings. The smallest absolute Gasteiger partial charge is 0.0843 e. The molecule has 92 valence electrons. The van der Waals surface area contributed by atoms with Gasteiger partial charge in [-0.15, -0.1) is 11.3 Å². The average Bonchev–Trinajstić information content (AvgIpc) is 2.84. The first-order valence-corrected chi connectivity index (χ1v) is 6.96. The van der Waals surface area contributed by atoms with Crippen LogP contribution in [0.25, 0.3) is 30.9 Å². The van der Waals surface area contributed by atoms with E-state index >= 15 is 0 Å². The van der Waals surface area contributed by atoms with Crippen LogP contribution in [-0.4, -0.2) is 10.9 Å². The molecule has 19 heavy (non-hydrogen) atoms. The molecule has 1 aromatic heterocycles. The van der Waals surface area contributed by atoms with Gasteiger partial charge >= 0.3 is 0 Å². The van der Waals surface area contributed by atoms with E-state index in [2.05, 4.69) is 41.6 Å². The highest BCUT2D eigenvalue weighted by Crippen LogP contribution is 2.41. The molecule has 0 spiro atoms. The molecule has 3 aromatic carbocycles. The maximum atomic E-state index is 9.03. The molecule has 0 radical (unpaired) electrons. The molecular formula is C16H11NOS. The molecule has 0 aliphatic carbocycles. The minimum absolute atomic E-state index is 0.653. The number of oxime groups is 1. The maximum absolute atomic E-state index is 9.03. The summed E-state index contributed by atoms with van der Waals surface area (Å²) >= 11 is 1.82. The SMILES string of the molecule is CC(=NO)c1ccc2sc3cccc4ccc1c2c43. The normalized spacial score (nSPS) is 13.0. The standard InChI is InChI=1S/C16H11NOS/c1-9(17-18)11-7-8-14-16-12(11)6-5-10-3-2-4-13(19-14)15(10)16/h2-8,18H,1H3. The van der Waals surface area contributed by atoms with Crippen LogP contribution in [0.3, 0.4) is 0 Å².